The number of aromatic nitrogens is 1. The van der Waals surface area contributed by atoms with Gasteiger partial charge in [-0.15, -0.1) is 0 Å². The lowest BCUT2D eigenvalue weighted by atomic mass is 9.91. The number of nitrogens with two attached hydrogens (primary N) is 1. The molecule has 1 aliphatic carbocycles. The van der Waals surface area contributed by atoms with Crippen LogP contribution in [-0.4, -0.2) is 61.0 Å². The van der Waals surface area contributed by atoms with Gasteiger partial charge in [-0.25, -0.2) is 4.98 Å². The highest BCUT2D eigenvalue weighted by Gasteiger charge is 2.21. The van der Waals surface area contributed by atoms with E-state index >= 15 is 0 Å². The second-order valence-corrected chi connectivity index (χ2v) is 9.94. The van der Waals surface area contributed by atoms with Crippen molar-refractivity contribution in [3.63, 3.8) is 0 Å². The van der Waals surface area contributed by atoms with E-state index in [4.69, 9.17) is 10.5 Å². The number of nitrogens with zero attached hydrogens (tertiary/aromatic N) is 2. The van der Waals surface area contributed by atoms with Crippen molar-refractivity contribution in [3.05, 3.63) is 65.4 Å². The molecule has 1 saturated carbocycles. The molecule has 2 heterocycles. The van der Waals surface area contributed by atoms with Gasteiger partial charge in [-0.05, 0) is 89.7 Å². The largest absolute Gasteiger partial charge is 0.496 e. The first-order chi connectivity index (χ1) is 17.8. The Morgan fingerprint density at radius 3 is 2.65 bits per heavy atom. The van der Waals surface area contributed by atoms with Gasteiger partial charge in [0.1, 0.15) is 11.6 Å². The van der Waals surface area contributed by atoms with Gasteiger partial charge in [0, 0.05) is 36.0 Å². The first kappa shape index (κ1) is 28.2. The van der Waals surface area contributed by atoms with Crippen molar-refractivity contribution in [2.45, 2.75) is 64.0 Å². The molecule has 0 radical (unpaired) electrons. The summed E-state index contributed by atoms with van der Waals surface area (Å²) < 4.78 is 5.25. The van der Waals surface area contributed by atoms with Gasteiger partial charge in [0.25, 0.3) is 11.8 Å². The van der Waals surface area contributed by atoms with Crippen molar-refractivity contribution in [1.82, 2.24) is 20.5 Å². The number of pyridine rings is 1. The zero-order valence-corrected chi connectivity index (χ0v) is 22.4. The van der Waals surface area contributed by atoms with E-state index in [0.717, 1.165) is 43.4 Å². The van der Waals surface area contributed by atoms with Crippen LogP contribution in [0, 0.1) is 6.92 Å². The molecule has 1 aliphatic heterocycles. The number of methoxy groups -OCH3 is 1. The van der Waals surface area contributed by atoms with Crippen molar-refractivity contribution in [2.75, 3.05) is 33.0 Å². The molecule has 8 nitrogen and oxygen atoms in total. The van der Waals surface area contributed by atoms with E-state index in [9.17, 15) is 9.59 Å². The summed E-state index contributed by atoms with van der Waals surface area (Å²) in [5.41, 5.74) is 8.85. The fourth-order valence-corrected chi connectivity index (χ4v) is 4.96. The minimum absolute atomic E-state index is 0.0175. The average molecular weight is 508 g/mol. The van der Waals surface area contributed by atoms with Crippen LogP contribution in [-0.2, 0) is 0 Å². The Kier molecular flexibility index (Phi) is 10.5. The van der Waals surface area contributed by atoms with Gasteiger partial charge in [0.15, 0.2) is 0 Å². The number of nitrogens with one attached hydrogen (secondary N) is 2. The second kappa shape index (κ2) is 13.8. The number of anilines is 1. The van der Waals surface area contributed by atoms with E-state index in [2.05, 4.69) is 34.1 Å². The lowest BCUT2D eigenvalue weighted by Crippen LogP contribution is -2.36. The smallest absolute Gasteiger partial charge is 0.252 e. The molecule has 2 amide bonds. The van der Waals surface area contributed by atoms with E-state index in [0.29, 0.717) is 29.5 Å². The number of amides is 2. The first-order valence-electron chi connectivity index (χ1n) is 13.1. The number of rotatable bonds is 7. The fourth-order valence-electron chi connectivity index (χ4n) is 4.96. The minimum atomic E-state index is -0.0804. The normalized spacial score (nSPS) is 19.5. The number of ether oxygens (including phenoxy) is 1. The summed E-state index contributed by atoms with van der Waals surface area (Å²) >= 11 is 0. The van der Waals surface area contributed by atoms with Crippen molar-refractivity contribution < 1.29 is 14.3 Å². The average Bonchev–Trinajstić information content (AvgIpc) is 3.29. The number of carbonyl (C=O) groups excluding carboxylic acids is 2. The maximum Gasteiger partial charge on any atom is 0.252 e. The van der Waals surface area contributed by atoms with Gasteiger partial charge >= 0.3 is 0 Å². The Balaban J connectivity index is 0.000000206. The van der Waals surface area contributed by atoms with Crippen LogP contribution >= 0.6 is 0 Å². The van der Waals surface area contributed by atoms with Crippen LogP contribution in [0.15, 0.2) is 48.7 Å². The number of benzene rings is 1. The van der Waals surface area contributed by atoms with E-state index in [1.807, 2.05) is 25.1 Å². The van der Waals surface area contributed by atoms with Gasteiger partial charge in [0.05, 0.1) is 12.7 Å². The van der Waals surface area contributed by atoms with E-state index in [-0.39, 0.29) is 17.9 Å². The molecular weight excluding hydrogens is 466 g/mol. The SMILES string of the molecule is C=C1CCCC(NC(=O)c2cccc(OC)c2C)C1.CN1CCCC1CCNC(=O)c1ccc(N)nc1. The minimum Gasteiger partial charge on any atom is -0.496 e. The standard InChI is InChI=1S/C16H21NO2.C13H20N4O/c1-11-6-4-7-13(10-11)17-16(18)14-8-5-9-15(19-3)12(14)2;1-17-8-2-3-11(17)6-7-15-13(18)10-4-5-12(14)16-9-10/h5,8-9,13H,1,4,6-7,10H2,2-3H3,(H,17,18);4-5,9,11H,2-3,6-8H2,1H3,(H2,14,16)(H,15,18). The van der Waals surface area contributed by atoms with Gasteiger partial charge in [0.2, 0.25) is 0 Å². The monoisotopic (exact) mass is 507 g/mol. The molecule has 37 heavy (non-hydrogen) atoms. The summed E-state index contributed by atoms with van der Waals surface area (Å²) in [6.07, 6.45) is 9.14. The summed E-state index contributed by atoms with van der Waals surface area (Å²) in [5, 5.41) is 6.02. The van der Waals surface area contributed by atoms with E-state index in [1.54, 1.807) is 19.2 Å². The van der Waals surface area contributed by atoms with Crippen molar-refractivity contribution in [2.24, 2.45) is 0 Å². The van der Waals surface area contributed by atoms with E-state index in [1.165, 1.54) is 31.2 Å². The van der Waals surface area contributed by atoms with Gasteiger partial charge in [-0.2, -0.15) is 0 Å². The molecule has 200 valence electrons. The van der Waals surface area contributed by atoms with Crippen LogP contribution in [0.4, 0.5) is 5.82 Å². The predicted molar refractivity (Wildman–Crippen MR) is 148 cm³/mol. The fraction of sp³-hybridized carbons (Fsp3) is 0.483. The molecule has 2 aliphatic rings. The summed E-state index contributed by atoms with van der Waals surface area (Å²) in [7, 11) is 3.76. The lowest BCUT2D eigenvalue weighted by molar-refractivity contribution is 0.0928. The maximum absolute atomic E-state index is 12.3. The molecule has 2 atom stereocenters. The molecule has 0 spiro atoms. The number of hydrogen-bond donors (Lipinski definition) is 3. The van der Waals surface area contributed by atoms with Gasteiger partial charge in [-0.3, -0.25) is 9.59 Å². The number of hydrogen-bond acceptors (Lipinski definition) is 6. The van der Waals surface area contributed by atoms with Crippen LogP contribution in [0.3, 0.4) is 0 Å². The molecule has 2 unspecified atom stereocenters. The molecule has 4 N–H and O–H groups in total. The molecule has 4 rings (SSSR count). The highest BCUT2D eigenvalue weighted by atomic mass is 16.5. The van der Waals surface area contributed by atoms with Crippen molar-refractivity contribution in [3.8, 4) is 5.75 Å². The van der Waals surface area contributed by atoms with Gasteiger partial charge < -0.3 is 26.0 Å². The topological polar surface area (TPSA) is 110 Å². The Morgan fingerprint density at radius 1 is 1.19 bits per heavy atom. The van der Waals surface area contributed by atoms with Crippen molar-refractivity contribution in [1.29, 1.82) is 0 Å². The predicted octanol–water partition coefficient (Wildman–Crippen LogP) is 4.11. The summed E-state index contributed by atoms with van der Waals surface area (Å²) in [6, 6.07) is 9.72. The van der Waals surface area contributed by atoms with E-state index < -0.39 is 0 Å². The molecule has 1 aromatic heterocycles. The third-order valence-corrected chi connectivity index (χ3v) is 7.19. The number of carbonyl (C=O) groups is 2. The van der Waals surface area contributed by atoms with Crippen LogP contribution in [0.25, 0.3) is 0 Å². The molecule has 1 aromatic carbocycles. The third kappa shape index (κ3) is 8.32. The Bertz CT molecular complexity index is 1070. The summed E-state index contributed by atoms with van der Waals surface area (Å²) in [5.74, 6) is 1.08. The van der Waals surface area contributed by atoms with Crippen LogP contribution in [0.5, 0.6) is 5.75 Å². The zero-order chi connectivity index (χ0) is 26.8. The summed E-state index contributed by atoms with van der Waals surface area (Å²) in [4.78, 5) is 30.4. The zero-order valence-electron chi connectivity index (χ0n) is 22.4. The summed E-state index contributed by atoms with van der Waals surface area (Å²) in [6.45, 7) is 7.80. The first-order valence-corrected chi connectivity index (χ1v) is 13.1. The Morgan fingerprint density at radius 2 is 2.00 bits per heavy atom. The van der Waals surface area contributed by atoms with Crippen LogP contribution in [0.1, 0.15) is 71.2 Å². The quantitative estimate of drug-likeness (QED) is 0.487. The van der Waals surface area contributed by atoms with Crippen molar-refractivity contribution >= 4 is 17.6 Å². The molecule has 2 aromatic rings. The molecule has 8 heteroatoms. The molecular formula is C29H41N5O3. The third-order valence-electron chi connectivity index (χ3n) is 7.19. The highest BCUT2D eigenvalue weighted by Crippen LogP contribution is 2.24. The Labute approximate surface area is 220 Å². The lowest BCUT2D eigenvalue weighted by Gasteiger charge is -2.25. The Hall–Kier alpha value is -3.39. The molecule has 2 fully saturated rings. The molecule has 0 bridgehead atoms. The van der Waals surface area contributed by atoms with Gasteiger partial charge in [-0.1, -0.05) is 18.2 Å². The number of likely N-dealkylation sites (tertiary alicyclic amines) is 1. The molecule has 1 saturated heterocycles. The number of nitrogen functional groups attached to an aromatic ring is 1. The van der Waals surface area contributed by atoms with Crippen LogP contribution in [0.2, 0.25) is 0 Å². The second-order valence-electron chi connectivity index (χ2n) is 9.94. The van der Waals surface area contributed by atoms with Crippen LogP contribution < -0.4 is 21.1 Å². The maximum atomic E-state index is 12.3. The highest BCUT2D eigenvalue weighted by molar-refractivity contribution is 5.96.